The number of hydrogen-bond acceptors (Lipinski definition) is 9. The molecule has 2 saturated heterocycles. The second-order valence-corrected chi connectivity index (χ2v) is 17.0. The summed E-state index contributed by atoms with van der Waals surface area (Å²) in [6.07, 6.45) is 3.93. The van der Waals surface area contributed by atoms with Gasteiger partial charge in [-0.2, -0.15) is 0 Å². The minimum atomic E-state index is -0.664. The van der Waals surface area contributed by atoms with Crippen LogP contribution in [0.1, 0.15) is 104 Å². The fraction of sp³-hybridized carbons (Fsp3) is 0.610. The van der Waals surface area contributed by atoms with Crippen LogP contribution in [0.4, 0.5) is 4.79 Å². The monoisotopic (exact) mass is 753 g/mol. The van der Waals surface area contributed by atoms with E-state index >= 15 is 0 Å². The molecule has 4 rings (SSSR count). The van der Waals surface area contributed by atoms with Crippen LogP contribution in [0.5, 0.6) is 5.75 Å². The molecule has 11 nitrogen and oxygen atoms in total. The van der Waals surface area contributed by atoms with Crippen molar-refractivity contribution in [1.82, 2.24) is 15.1 Å². The lowest BCUT2D eigenvalue weighted by Crippen LogP contribution is -2.46. The molecule has 2 aromatic rings. The number of piperidine rings is 2. The van der Waals surface area contributed by atoms with Gasteiger partial charge in [0.1, 0.15) is 23.6 Å². The zero-order valence-corrected chi connectivity index (χ0v) is 33.4. The number of esters is 1. The van der Waals surface area contributed by atoms with Gasteiger partial charge < -0.3 is 33.5 Å². The first kappa shape index (κ1) is 42.0. The number of amides is 3. The number of ether oxygens (including phenoxy) is 3. The Morgan fingerprint density at radius 3 is 2.13 bits per heavy atom. The summed E-state index contributed by atoms with van der Waals surface area (Å²) in [5.41, 5.74) is 0.758. The van der Waals surface area contributed by atoms with Gasteiger partial charge >= 0.3 is 12.1 Å². The summed E-state index contributed by atoms with van der Waals surface area (Å²) in [6.45, 7) is 16.1. The minimum absolute atomic E-state index is 0.0323. The zero-order valence-electron chi connectivity index (χ0n) is 32.6. The molecule has 1 N–H and O–H groups in total. The number of carbonyl (C=O) groups excluding carboxylic acids is 4. The summed E-state index contributed by atoms with van der Waals surface area (Å²) in [4.78, 5) is 57.0. The fourth-order valence-electron chi connectivity index (χ4n) is 6.42. The Morgan fingerprint density at radius 2 is 1.49 bits per heavy atom. The third-order valence-electron chi connectivity index (χ3n) is 9.18. The molecule has 0 bridgehead atoms. The van der Waals surface area contributed by atoms with Crippen molar-refractivity contribution in [3.05, 3.63) is 59.7 Å². The molecule has 3 amide bonds. The molecular weight excluding hydrogens is 695 g/mol. The van der Waals surface area contributed by atoms with Crippen LogP contribution in [-0.4, -0.2) is 84.3 Å². The van der Waals surface area contributed by atoms with E-state index < -0.39 is 23.2 Å². The summed E-state index contributed by atoms with van der Waals surface area (Å²) in [6, 6.07) is 14.8. The molecular formula is C41H59N3O8S. The highest BCUT2D eigenvalue weighted by atomic mass is 32.2. The van der Waals surface area contributed by atoms with Gasteiger partial charge in [-0.25, -0.2) is 4.79 Å². The minimum Gasteiger partial charge on any atom is -0.491 e. The van der Waals surface area contributed by atoms with Crippen molar-refractivity contribution < 1.29 is 37.6 Å². The van der Waals surface area contributed by atoms with Crippen LogP contribution in [0.15, 0.2) is 53.4 Å². The molecule has 292 valence electrons. The van der Waals surface area contributed by atoms with Gasteiger partial charge in [-0.15, -0.1) is 0 Å². The maximum Gasteiger partial charge on any atom is 0.410 e. The van der Waals surface area contributed by atoms with Crippen LogP contribution in [0.3, 0.4) is 0 Å². The van der Waals surface area contributed by atoms with Gasteiger partial charge in [-0.05, 0) is 116 Å². The number of benzene rings is 2. The molecule has 2 heterocycles. The maximum absolute atomic E-state index is 13.7. The molecule has 53 heavy (non-hydrogen) atoms. The summed E-state index contributed by atoms with van der Waals surface area (Å²) in [5, 5.41) is 3.10. The van der Waals surface area contributed by atoms with E-state index in [1.54, 1.807) is 4.90 Å². The van der Waals surface area contributed by atoms with E-state index in [0.29, 0.717) is 63.9 Å². The van der Waals surface area contributed by atoms with Gasteiger partial charge in [0, 0.05) is 49.5 Å². The molecule has 0 radical (unpaired) electrons. The Kier molecular flexibility index (Phi) is 15.5. The zero-order chi connectivity index (χ0) is 38.6. The molecule has 0 spiro atoms. The summed E-state index contributed by atoms with van der Waals surface area (Å²) >= 11 is 1.31. The molecule has 12 heteroatoms. The van der Waals surface area contributed by atoms with E-state index in [0.717, 1.165) is 36.1 Å². The van der Waals surface area contributed by atoms with Crippen LogP contribution in [-0.2, 0) is 28.0 Å². The molecule has 0 aliphatic carbocycles. The van der Waals surface area contributed by atoms with Crippen LogP contribution in [0.25, 0.3) is 0 Å². The molecule has 2 aliphatic rings. The van der Waals surface area contributed by atoms with Crippen LogP contribution in [0.2, 0.25) is 0 Å². The molecule has 2 unspecified atom stereocenters. The lowest BCUT2D eigenvalue weighted by atomic mass is 9.91. The van der Waals surface area contributed by atoms with Crippen LogP contribution >= 0.6 is 12.0 Å². The summed E-state index contributed by atoms with van der Waals surface area (Å²) in [7, 11) is 0. The Hall–Kier alpha value is -3.77. The van der Waals surface area contributed by atoms with E-state index in [1.807, 2.05) is 102 Å². The summed E-state index contributed by atoms with van der Waals surface area (Å²) < 4.78 is 22.6. The molecule has 0 aromatic heterocycles. The highest BCUT2D eigenvalue weighted by Crippen LogP contribution is 2.27. The van der Waals surface area contributed by atoms with Crippen molar-refractivity contribution >= 4 is 35.9 Å². The average Bonchev–Trinajstić information content (AvgIpc) is 3.10. The number of aryl methyl sites for hydroxylation is 1. The smallest absolute Gasteiger partial charge is 0.410 e. The van der Waals surface area contributed by atoms with E-state index in [-0.39, 0.29) is 30.2 Å². The van der Waals surface area contributed by atoms with Crippen molar-refractivity contribution in [3.8, 4) is 5.75 Å². The number of hydrogen-bond donors (Lipinski definition) is 1. The lowest BCUT2D eigenvalue weighted by Gasteiger charge is -2.35. The maximum atomic E-state index is 13.7. The number of likely N-dealkylation sites (tertiary alicyclic amines) is 2. The van der Waals surface area contributed by atoms with Crippen LogP contribution < -0.4 is 10.1 Å². The second-order valence-electron chi connectivity index (χ2n) is 16.1. The highest BCUT2D eigenvalue weighted by molar-refractivity contribution is 7.94. The Balaban J connectivity index is 1.27. The molecule has 2 aromatic carbocycles. The Labute approximate surface area is 320 Å². The SMILES string of the molecule is Cc1ccc(SOCCOc2ccc(C(CC(=O)OC(C)(C)C)NC(=O)C3CCCN(C(=O)CCC4CCN(C(=O)OC(C)(C)C)CC4)C3)cc2)cc1. The van der Waals surface area contributed by atoms with Crippen molar-refractivity contribution in [2.75, 3.05) is 39.4 Å². The topological polar surface area (TPSA) is 124 Å². The predicted octanol–water partition coefficient (Wildman–Crippen LogP) is 7.65. The lowest BCUT2D eigenvalue weighted by molar-refractivity contribution is -0.155. The Bertz CT molecular complexity index is 1500. The Morgan fingerprint density at radius 1 is 0.830 bits per heavy atom. The van der Waals surface area contributed by atoms with Gasteiger partial charge in [0.05, 0.1) is 25.0 Å². The van der Waals surface area contributed by atoms with E-state index in [9.17, 15) is 19.2 Å². The first-order chi connectivity index (χ1) is 25.0. The predicted molar refractivity (Wildman–Crippen MR) is 205 cm³/mol. The molecule has 0 saturated carbocycles. The van der Waals surface area contributed by atoms with Crippen molar-refractivity contribution in [2.24, 2.45) is 11.8 Å². The summed E-state index contributed by atoms with van der Waals surface area (Å²) in [5.74, 6) is 0.0830. The normalized spacial score (nSPS) is 17.5. The van der Waals surface area contributed by atoms with Gasteiger partial charge in [0.25, 0.3) is 0 Å². The van der Waals surface area contributed by atoms with Gasteiger partial charge in [0.2, 0.25) is 11.8 Å². The van der Waals surface area contributed by atoms with E-state index in [4.69, 9.17) is 18.4 Å². The van der Waals surface area contributed by atoms with Gasteiger partial charge in [-0.3, -0.25) is 14.4 Å². The first-order valence-corrected chi connectivity index (χ1v) is 19.7. The highest BCUT2D eigenvalue weighted by Gasteiger charge is 2.32. The number of nitrogens with zero attached hydrogens (tertiary/aromatic N) is 2. The number of carbonyl (C=O) groups is 4. The van der Waals surface area contributed by atoms with Crippen molar-refractivity contribution in [3.63, 3.8) is 0 Å². The average molecular weight is 754 g/mol. The second kappa shape index (κ2) is 19.5. The first-order valence-electron chi connectivity index (χ1n) is 18.9. The fourth-order valence-corrected chi connectivity index (χ4v) is 6.95. The van der Waals surface area contributed by atoms with E-state index in [1.165, 1.54) is 17.6 Å². The van der Waals surface area contributed by atoms with Crippen molar-refractivity contribution in [2.45, 2.75) is 116 Å². The number of nitrogens with one attached hydrogen (secondary N) is 1. The number of rotatable bonds is 14. The largest absolute Gasteiger partial charge is 0.491 e. The van der Waals surface area contributed by atoms with Crippen molar-refractivity contribution in [1.29, 1.82) is 0 Å². The molecule has 2 aliphatic heterocycles. The van der Waals surface area contributed by atoms with Crippen LogP contribution in [0, 0.1) is 18.8 Å². The third-order valence-corrected chi connectivity index (χ3v) is 9.93. The standard InChI is InChI=1S/C41H59N3O8S/c1-29-10-17-34(18-11-29)53-50-26-25-49-33-15-13-31(14-16-33)35(27-37(46)51-40(2,3)4)42-38(47)32-9-8-22-44(28-32)36(45)19-12-30-20-23-43(24-21-30)39(48)52-41(5,6)7/h10-11,13-18,30,32,35H,8-9,12,19-28H2,1-7H3,(H,42,47). The molecule has 2 atom stereocenters. The van der Waals surface area contributed by atoms with Gasteiger partial charge in [0.15, 0.2) is 0 Å². The van der Waals surface area contributed by atoms with E-state index in [2.05, 4.69) is 5.32 Å². The third kappa shape index (κ3) is 14.9. The quantitative estimate of drug-likeness (QED) is 0.118. The van der Waals surface area contributed by atoms with Gasteiger partial charge in [-0.1, -0.05) is 29.8 Å². The molecule has 2 fully saturated rings.